The first-order chi connectivity index (χ1) is 21.4. The molecule has 236 valence electrons. The lowest BCUT2D eigenvalue weighted by Crippen LogP contribution is -2.53. The number of carbonyl (C=O) groups is 2. The van der Waals surface area contributed by atoms with Crippen LogP contribution in [0.1, 0.15) is 29.2 Å². The standard InChI is InChI=1S/C34H34Cl3N3O4S/c1-4-38-34(42)32(19-25-9-6-5-7-10-25)39(21-26-15-16-27(35)20-30(26)37)33(41)22-40(31-12-8-11-29(36)24(31)3)45(43,44)28-17-13-23(2)14-18-28/h5-18,20,32H,4,19,21-22H2,1-3H3,(H,38,42). The molecule has 11 heteroatoms. The molecule has 4 aromatic rings. The first-order valence-electron chi connectivity index (χ1n) is 14.3. The van der Waals surface area contributed by atoms with Gasteiger partial charge in [-0.3, -0.25) is 13.9 Å². The van der Waals surface area contributed by atoms with Crippen LogP contribution in [-0.4, -0.2) is 44.3 Å². The van der Waals surface area contributed by atoms with E-state index in [0.717, 1.165) is 15.4 Å². The molecule has 0 aliphatic rings. The van der Waals surface area contributed by atoms with Gasteiger partial charge in [0.25, 0.3) is 10.0 Å². The number of nitrogens with zero attached hydrogens (tertiary/aromatic N) is 2. The zero-order valence-corrected chi connectivity index (χ0v) is 28.2. The van der Waals surface area contributed by atoms with Crippen LogP contribution < -0.4 is 9.62 Å². The Morgan fingerprint density at radius 3 is 2.18 bits per heavy atom. The molecule has 1 N–H and O–H groups in total. The number of sulfonamides is 1. The second-order valence-electron chi connectivity index (χ2n) is 10.6. The number of benzene rings is 4. The van der Waals surface area contributed by atoms with Gasteiger partial charge >= 0.3 is 0 Å². The lowest BCUT2D eigenvalue weighted by molar-refractivity contribution is -0.140. The summed E-state index contributed by atoms with van der Waals surface area (Å²) >= 11 is 19.1. The van der Waals surface area contributed by atoms with Crippen molar-refractivity contribution in [2.45, 2.75) is 44.7 Å². The van der Waals surface area contributed by atoms with Gasteiger partial charge in [0.15, 0.2) is 0 Å². The third-order valence-corrected chi connectivity index (χ3v) is 10.1. The molecule has 7 nitrogen and oxygen atoms in total. The van der Waals surface area contributed by atoms with Gasteiger partial charge in [-0.25, -0.2) is 8.42 Å². The van der Waals surface area contributed by atoms with E-state index in [9.17, 15) is 18.0 Å². The third kappa shape index (κ3) is 8.38. The summed E-state index contributed by atoms with van der Waals surface area (Å²) < 4.78 is 29.5. The van der Waals surface area contributed by atoms with Crippen molar-refractivity contribution in [2.75, 3.05) is 17.4 Å². The molecule has 4 rings (SSSR count). The van der Waals surface area contributed by atoms with Crippen molar-refractivity contribution in [3.05, 3.63) is 128 Å². The van der Waals surface area contributed by atoms with Crippen LogP contribution in [0.3, 0.4) is 0 Å². The Morgan fingerprint density at radius 1 is 0.844 bits per heavy atom. The van der Waals surface area contributed by atoms with Gasteiger partial charge in [-0.1, -0.05) is 95.0 Å². The van der Waals surface area contributed by atoms with E-state index in [4.69, 9.17) is 34.8 Å². The van der Waals surface area contributed by atoms with Crippen LogP contribution >= 0.6 is 34.8 Å². The number of aryl methyl sites for hydroxylation is 1. The van der Waals surface area contributed by atoms with Crippen LogP contribution in [0.2, 0.25) is 15.1 Å². The highest BCUT2D eigenvalue weighted by Gasteiger charge is 2.35. The van der Waals surface area contributed by atoms with E-state index >= 15 is 0 Å². The number of anilines is 1. The van der Waals surface area contributed by atoms with Crippen molar-refractivity contribution in [1.82, 2.24) is 10.2 Å². The molecule has 0 aliphatic heterocycles. The van der Waals surface area contributed by atoms with Gasteiger partial charge in [-0.05, 0) is 73.9 Å². The van der Waals surface area contributed by atoms with Crippen molar-refractivity contribution < 1.29 is 18.0 Å². The minimum atomic E-state index is -4.26. The van der Waals surface area contributed by atoms with Gasteiger partial charge in [0.05, 0.1) is 10.6 Å². The average molecular weight is 687 g/mol. The molecule has 0 spiro atoms. The Balaban J connectivity index is 1.85. The summed E-state index contributed by atoms with van der Waals surface area (Å²) in [5.41, 5.74) is 2.98. The molecule has 0 aliphatic carbocycles. The molecular formula is C34H34Cl3N3O4S. The molecule has 45 heavy (non-hydrogen) atoms. The third-order valence-electron chi connectivity index (χ3n) is 7.37. The minimum Gasteiger partial charge on any atom is -0.355 e. The first kappa shape index (κ1) is 34.3. The average Bonchev–Trinajstić information content (AvgIpc) is 3.01. The molecule has 0 saturated carbocycles. The largest absolute Gasteiger partial charge is 0.355 e. The molecule has 2 amide bonds. The molecule has 4 aromatic carbocycles. The summed E-state index contributed by atoms with van der Waals surface area (Å²) in [6.07, 6.45) is 0.185. The number of amides is 2. The van der Waals surface area contributed by atoms with E-state index in [2.05, 4.69) is 5.32 Å². The number of nitrogens with one attached hydrogen (secondary N) is 1. The summed E-state index contributed by atoms with van der Waals surface area (Å²) in [5, 5.41) is 3.91. The van der Waals surface area contributed by atoms with Crippen LogP contribution in [0.4, 0.5) is 5.69 Å². The molecule has 0 radical (unpaired) electrons. The van der Waals surface area contributed by atoms with E-state index in [1.165, 1.54) is 17.0 Å². The predicted molar refractivity (Wildman–Crippen MR) is 182 cm³/mol. The maximum atomic E-state index is 14.5. The fourth-order valence-electron chi connectivity index (χ4n) is 4.90. The van der Waals surface area contributed by atoms with E-state index in [1.54, 1.807) is 62.4 Å². The number of rotatable bonds is 12. The molecule has 0 fully saturated rings. The number of hydrogen-bond acceptors (Lipinski definition) is 4. The Morgan fingerprint density at radius 2 is 1.53 bits per heavy atom. The molecule has 0 heterocycles. The second kappa shape index (κ2) is 15.1. The minimum absolute atomic E-state index is 0.0112. The maximum absolute atomic E-state index is 14.5. The molecule has 1 atom stereocenters. The summed E-state index contributed by atoms with van der Waals surface area (Å²) in [4.78, 5) is 29.5. The molecule has 0 aromatic heterocycles. The van der Waals surface area contributed by atoms with E-state index in [-0.39, 0.29) is 29.5 Å². The van der Waals surface area contributed by atoms with E-state index in [1.807, 2.05) is 37.3 Å². The summed E-state index contributed by atoms with van der Waals surface area (Å²) in [6, 6.07) is 24.5. The topological polar surface area (TPSA) is 86.8 Å². The van der Waals surface area contributed by atoms with Crippen molar-refractivity contribution in [1.29, 1.82) is 0 Å². The highest BCUT2D eigenvalue weighted by Crippen LogP contribution is 2.32. The Bertz CT molecular complexity index is 1770. The Kier molecular flexibility index (Phi) is 11.6. The molecule has 0 saturated heterocycles. The number of halogens is 3. The van der Waals surface area contributed by atoms with Gasteiger partial charge in [-0.2, -0.15) is 0 Å². The fraction of sp³-hybridized carbons (Fsp3) is 0.235. The number of likely N-dealkylation sites (N-methyl/N-ethyl adjacent to an activating group) is 1. The maximum Gasteiger partial charge on any atom is 0.264 e. The zero-order valence-electron chi connectivity index (χ0n) is 25.1. The van der Waals surface area contributed by atoms with Crippen LogP contribution in [0.5, 0.6) is 0 Å². The zero-order chi connectivity index (χ0) is 32.7. The fourth-order valence-corrected chi connectivity index (χ4v) is 7.01. The SMILES string of the molecule is CCNC(=O)C(Cc1ccccc1)N(Cc1ccc(Cl)cc1Cl)C(=O)CN(c1cccc(Cl)c1C)S(=O)(=O)c1ccc(C)cc1. The highest BCUT2D eigenvalue weighted by atomic mass is 35.5. The summed E-state index contributed by atoms with van der Waals surface area (Å²) in [5.74, 6) is -0.991. The lowest BCUT2D eigenvalue weighted by atomic mass is 10.0. The number of carbonyl (C=O) groups excluding carboxylic acids is 2. The normalized spacial score (nSPS) is 12.0. The molecule has 1 unspecified atom stereocenters. The van der Waals surface area contributed by atoms with E-state index in [0.29, 0.717) is 32.7 Å². The predicted octanol–water partition coefficient (Wildman–Crippen LogP) is 7.24. The summed E-state index contributed by atoms with van der Waals surface area (Å²) in [6.45, 7) is 5.00. The Labute approximate surface area is 279 Å². The molecular weight excluding hydrogens is 653 g/mol. The van der Waals surface area contributed by atoms with Crippen molar-refractivity contribution in [3.8, 4) is 0 Å². The lowest BCUT2D eigenvalue weighted by Gasteiger charge is -2.34. The van der Waals surface area contributed by atoms with Gasteiger partial charge in [-0.15, -0.1) is 0 Å². The second-order valence-corrected chi connectivity index (χ2v) is 13.7. The van der Waals surface area contributed by atoms with Crippen LogP contribution in [-0.2, 0) is 32.6 Å². The quantitative estimate of drug-likeness (QED) is 0.170. The van der Waals surface area contributed by atoms with Gasteiger partial charge in [0.2, 0.25) is 11.8 Å². The smallest absolute Gasteiger partial charge is 0.264 e. The van der Waals surface area contributed by atoms with E-state index < -0.39 is 28.5 Å². The van der Waals surface area contributed by atoms with Crippen molar-refractivity contribution in [3.63, 3.8) is 0 Å². The highest BCUT2D eigenvalue weighted by molar-refractivity contribution is 7.92. The van der Waals surface area contributed by atoms with Crippen LogP contribution in [0, 0.1) is 13.8 Å². The Hall–Kier alpha value is -3.56. The van der Waals surface area contributed by atoms with Crippen molar-refractivity contribution in [2.24, 2.45) is 0 Å². The van der Waals surface area contributed by atoms with Crippen LogP contribution in [0.25, 0.3) is 0 Å². The monoisotopic (exact) mass is 685 g/mol. The summed E-state index contributed by atoms with van der Waals surface area (Å²) in [7, 11) is -4.26. The van der Waals surface area contributed by atoms with Gasteiger partial charge < -0.3 is 10.2 Å². The molecule has 0 bridgehead atoms. The van der Waals surface area contributed by atoms with Crippen molar-refractivity contribution >= 4 is 62.3 Å². The van der Waals surface area contributed by atoms with Crippen LogP contribution in [0.15, 0.2) is 95.9 Å². The number of hydrogen-bond donors (Lipinski definition) is 1. The van der Waals surface area contributed by atoms with Gasteiger partial charge in [0.1, 0.15) is 12.6 Å². The van der Waals surface area contributed by atoms with Gasteiger partial charge in [0, 0.05) is 34.6 Å². The first-order valence-corrected chi connectivity index (χ1v) is 16.9.